The predicted molar refractivity (Wildman–Crippen MR) is 146 cm³/mol. The molecule has 2 N–H and O–H groups in total. The smallest absolute Gasteiger partial charge is 0.264 e. The molecule has 1 fully saturated rings. The lowest BCUT2D eigenvalue weighted by Gasteiger charge is -2.28. The largest absolute Gasteiger partial charge is 0.473 e. The Morgan fingerprint density at radius 1 is 1.03 bits per heavy atom. The molecule has 0 spiro atoms. The summed E-state index contributed by atoms with van der Waals surface area (Å²) in [7, 11) is -3.89. The molecule has 2 aliphatic rings. The Labute approximate surface area is 220 Å². The van der Waals surface area contributed by atoms with E-state index in [0.717, 1.165) is 48.1 Å². The average Bonchev–Trinajstić information content (AvgIpc) is 3.04. The van der Waals surface area contributed by atoms with E-state index in [4.69, 9.17) is 4.74 Å². The van der Waals surface area contributed by atoms with Gasteiger partial charge < -0.3 is 10.1 Å². The van der Waals surface area contributed by atoms with Crippen molar-refractivity contribution in [1.82, 2.24) is 15.3 Å². The molecule has 1 saturated heterocycles. The van der Waals surface area contributed by atoms with Crippen LogP contribution < -0.4 is 14.8 Å². The van der Waals surface area contributed by atoms with E-state index >= 15 is 0 Å². The first kappa shape index (κ1) is 25.7. The lowest BCUT2D eigenvalue weighted by Crippen LogP contribution is -2.30. The van der Waals surface area contributed by atoms with Crippen LogP contribution in [-0.2, 0) is 10.0 Å². The molecule has 37 heavy (non-hydrogen) atoms. The fourth-order valence-corrected chi connectivity index (χ4v) is 6.62. The van der Waals surface area contributed by atoms with Crippen molar-refractivity contribution in [2.45, 2.75) is 63.9 Å². The summed E-state index contributed by atoms with van der Waals surface area (Å²) in [6, 6.07) is 15.2. The summed E-state index contributed by atoms with van der Waals surface area (Å²) in [5.74, 6) is 1.55. The highest BCUT2D eigenvalue weighted by Gasteiger charge is 2.32. The lowest BCUT2D eigenvalue weighted by molar-refractivity contribution is 0.176. The van der Waals surface area contributed by atoms with Gasteiger partial charge in [0.05, 0.1) is 10.6 Å². The number of benzene rings is 2. The van der Waals surface area contributed by atoms with Gasteiger partial charge in [0.1, 0.15) is 6.10 Å². The lowest BCUT2D eigenvalue weighted by atomic mass is 9.79. The molecule has 3 aromatic rings. The van der Waals surface area contributed by atoms with Crippen LogP contribution in [0.3, 0.4) is 0 Å². The third kappa shape index (κ3) is 5.65. The summed E-state index contributed by atoms with van der Waals surface area (Å²) in [4.78, 5) is 9.33. The van der Waals surface area contributed by atoms with Gasteiger partial charge in [0.2, 0.25) is 11.8 Å². The van der Waals surface area contributed by atoms with Gasteiger partial charge in [-0.25, -0.2) is 18.1 Å². The Morgan fingerprint density at radius 3 is 2.54 bits per heavy atom. The van der Waals surface area contributed by atoms with Gasteiger partial charge in [-0.15, -0.1) is 0 Å². The summed E-state index contributed by atoms with van der Waals surface area (Å²) < 4.78 is 36.0. The van der Waals surface area contributed by atoms with Gasteiger partial charge in [0.15, 0.2) is 0 Å². The summed E-state index contributed by atoms with van der Waals surface area (Å²) >= 11 is 0. The molecule has 3 atom stereocenters. The Bertz CT molecular complexity index is 1370. The van der Waals surface area contributed by atoms with Crippen molar-refractivity contribution < 1.29 is 13.2 Å². The van der Waals surface area contributed by atoms with Crippen molar-refractivity contribution in [3.63, 3.8) is 0 Å². The molecule has 8 heteroatoms. The van der Waals surface area contributed by atoms with Gasteiger partial charge in [-0.3, -0.25) is 0 Å². The van der Waals surface area contributed by atoms with Gasteiger partial charge in [-0.2, -0.15) is 4.98 Å². The molecular formula is C29H36N4O3S. The standard InChI is InChI=1S/C29H36N4O3S/c1-18(2)11-12-22-16-30-17-23-14-25(22)21-9-6-10-24(13-21)37(34,35)33-29-31-26(15-27(32-29)36-23)28-19(3)7-5-8-20(28)4/h5-10,13,15,18,22-23,25,30H,11-12,14,16-17H2,1-4H3,(H,31,32,33)/t22-,23-,25?/m0/s1. The normalized spacial score (nSPS) is 22.7. The number of hydrogen-bond acceptors (Lipinski definition) is 6. The van der Waals surface area contributed by atoms with Crippen LogP contribution >= 0.6 is 0 Å². The van der Waals surface area contributed by atoms with Crippen LogP contribution in [0.2, 0.25) is 0 Å². The minimum atomic E-state index is -3.89. The summed E-state index contributed by atoms with van der Waals surface area (Å²) in [5.41, 5.74) is 4.73. The number of aromatic nitrogens is 2. The summed E-state index contributed by atoms with van der Waals surface area (Å²) in [6.45, 7) is 10.1. The van der Waals surface area contributed by atoms with Crippen LogP contribution in [-0.4, -0.2) is 37.6 Å². The zero-order valence-corrected chi connectivity index (χ0v) is 22.8. The number of aryl methyl sites for hydroxylation is 2. The average molecular weight is 521 g/mol. The molecule has 196 valence electrons. The van der Waals surface area contributed by atoms with E-state index in [-0.39, 0.29) is 22.9 Å². The van der Waals surface area contributed by atoms with Gasteiger partial charge in [0.25, 0.3) is 10.0 Å². The Balaban J connectivity index is 1.62. The number of anilines is 1. The van der Waals surface area contributed by atoms with Crippen LogP contribution in [0.25, 0.3) is 11.3 Å². The highest BCUT2D eigenvalue weighted by atomic mass is 32.2. The Kier molecular flexibility index (Phi) is 7.23. The number of ether oxygens (including phenoxy) is 1. The molecule has 0 radical (unpaired) electrons. The van der Waals surface area contributed by atoms with Crippen LogP contribution in [0.1, 0.15) is 55.7 Å². The van der Waals surface area contributed by atoms with Crippen LogP contribution in [0.5, 0.6) is 5.88 Å². The number of rotatable bonds is 4. The van der Waals surface area contributed by atoms with Crippen molar-refractivity contribution in [2.75, 3.05) is 17.8 Å². The third-order valence-electron chi connectivity index (χ3n) is 7.53. The van der Waals surface area contributed by atoms with Crippen LogP contribution in [0.15, 0.2) is 53.4 Å². The molecule has 2 aliphatic heterocycles. The monoisotopic (exact) mass is 520 g/mol. The maximum atomic E-state index is 13.5. The van der Waals surface area contributed by atoms with Gasteiger partial charge in [0, 0.05) is 18.2 Å². The number of sulfonamides is 1. The molecule has 0 aliphatic carbocycles. The van der Waals surface area contributed by atoms with Crippen molar-refractivity contribution in [3.05, 3.63) is 65.2 Å². The van der Waals surface area contributed by atoms with E-state index in [2.05, 4.69) is 39.9 Å². The first-order valence-electron chi connectivity index (χ1n) is 13.2. The summed E-state index contributed by atoms with van der Waals surface area (Å²) in [6.07, 6.45) is 2.88. The van der Waals surface area contributed by atoms with E-state index < -0.39 is 10.0 Å². The molecule has 0 saturated carbocycles. The molecule has 5 rings (SSSR count). The predicted octanol–water partition coefficient (Wildman–Crippen LogP) is 5.45. The highest BCUT2D eigenvalue weighted by molar-refractivity contribution is 7.92. The molecular weight excluding hydrogens is 484 g/mol. The summed E-state index contributed by atoms with van der Waals surface area (Å²) in [5, 5.41) is 3.61. The van der Waals surface area contributed by atoms with Gasteiger partial charge in [-0.05, 0) is 79.8 Å². The third-order valence-corrected chi connectivity index (χ3v) is 8.85. The second-order valence-corrected chi connectivity index (χ2v) is 12.5. The van der Waals surface area contributed by atoms with Crippen molar-refractivity contribution in [2.24, 2.45) is 11.8 Å². The SMILES string of the molecule is Cc1cccc(C)c1-c1cc2nc(n1)NS(=O)(=O)c1cccc(c1)C1C[C@@H](CNC[C@@H]1CCC(C)C)O2. The molecule has 7 nitrogen and oxygen atoms in total. The second kappa shape index (κ2) is 10.4. The first-order valence-corrected chi connectivity index (χ1v) is 14.6. The zero-order valence-electron chi connectivity index (χ0n) is 22.0. The van der Waals surface area contributed by atoms with Crippen LogP contribution in [0, 0.1) is 25.7 Å². The molecule has 1 unspecified atom stereocenters. The molecule has 6 bridgehead atoms. The van der Waals surface area contributed by atoms with E-state index in [9.17, 15) is 8.42 Å². The maximum Gasteiger partial charge on any atom is 0.264 e. The first-order chi connectivity index (χ1) is 17.7. The highest BCUT2D eigenvalue weighted by Crippen LogP contribution is 2.37. The molecule has 3 heterocycles. The van der Waals surface area contributed by atoms with E-state index in [1.54, 1.807) is 6.07 Å². The topological polar surface area (TPSA) is 93.2 Å². The van der Waals surface area contributed by atoms with E-state index in [1.807, 2.05) is 50.2 Å². The maximum absolute atomic E-state index is 13.5. The van der Waals surface area contributed by atoms with Crippen molar-refractivity contribution in [1.29, 1.82) is 0 Å². The van der Waals surface area contributed by atoms with Crippen LogP contribution in [0.4, 0.5) is 5.95 Å². The molecule has 2 aromatic carbocycles. The number of hydrogen-bond donors (Lipinski definition) is 2. The van der Waals surface area contributed by atoms with Gasteiger partial charge in [-0.1, -0.05) is 50.6 Å². The minimum Gasteiger partial charge on any atom is -0.473 e. The van der Waals surface area contributed by atoms with Crippen molar-refractivity contribution >= 4 is 16.0 Å². The Morgan fingerprint density at radius 2 is 1.78 bits per heavy atom. The fraction of sp³-hybridized carbons (Fsp3) is 0.448. The fourth-order valence-electron chi connectivity index (χ4n) is 5.62. The van der Waals surface area contributed by atoms with E-state index in [0.29, 0.717) is 30.0 Å². The Hall–Kier alpha value is -2.97. The van der Waals surface area contributed by atoms with E-state index in [1.165, 1.54) is 0 Å². The number of nitrogens with zero attached hydrogens (tertiary/aromatic N) is 2. The molecule has 0 amide bonds. The quantitative estimate of drug-likeness (QED) is 0.475. The zero-order chi connectivity index (χ0) is 26.2. The van der Waals surface area contributed by atoms with Crippen molar-refractivity contribution in [3.8, 4) is 17.1 Å². The number of nitrogens with one attached hydrogen (secondary N) is 2. The second-order valence-electron chi connectivity index (χ2n) is 10.8. The molecule has 1 aromatic heterocycles. The minimum absolute atomic E-state index is 0.00840. The number of fused-ring (bicyclic) bond motifs is 7. The van der Waals surface area contributed by atoms with Gasteiger partial charge >= 0.3 is 0 Å².